The minimum absolute atomic E-state index is 0.1000. The lowest BCUT2D eigenvalue weighted by Crippen LogP contribution is -2.39. The summed E-state index contributed by atoms with van der Waals surface area (Å²) in [6.45, 7) is 4.07. The van der Waals surface area contributed by atoms with Gasteiger partial charge in [0.2, 0.25) is 5.91 Å². The van der Waals surface area contributed by atoms with Crippen LogP contribution in [0.25, 0.3) is 0 Å². The molecule has 1 aliphatic heterocycles. The van der Waals surface area contributed by atoms with Gasteiger partial charge in [0.1, 0.15) is 0 Å². The lowest BCUT2D eigenvalue weighted by Gasteiger charge is -2.26. The number of aromatic nitrogens is 1. The third kappa shape index (κ3) is 3.74. The number of pyridine rings is 1. The summed E-state index contributed by atoms with van der Waals surface area (Å²) < 4.78 is 0. The Kier molecular flexibility index (Phi) is 4.79. The van der Waals surface area contributed by atoms with Gasteiger partial charge in [-0.25, -0.2) is 0 Å². The van der Waals surface area contributed by atoms with Gasteiger partial charge in [0, 0.05) is 37.1 Å². The summed E-state index contributed by atoms with van der Waals surface area (Å²) in [7, 11) is 0. The fourth-order valence-corrected chi connectivity index (χ4v) is 3.85. The van der Waals surface area contributed by atoms with Crippen molar-refractivity contribution < 1.29 is 4.79 Å². The molecular formula is C21H25N3O. The second-order valence-electron chi connectivity index (χ2n) is 7.11. The van der Waals surface area contributed by atoms with Crippen LogP contribution in [0.4, 0.5) is 5.69 Å². The van der Waals surface area contributed by atoms with Crippen molar-refractivity contribution in [2.75, 3.05) is 31.1 Å². The maximum absolute atomic E-state index is 13.2. The van der Waals surface area contributed by atoms with Crippen LogP contribution >= 0.6 is 0 Å². The van der Waals surface area contributed by atoms with Gasteiger partial charge in [-0.2, -0.15) is 0 Å². The van der Waals surface area contributed by atoms with Crippen LogP contribution in [0.15, 0.2) is 54.9 Å². The molecule has 2 aliphatic rings. The smallest absolute Gasteiger partial charge is 0.230 e. The van der Waals surface area contributed by atoms with Gasteiger partial charge in [0.05, 0.1) is 0 Å². The maximum atomic E-state index is 13.2. The number of hydrogen-bond donors (Lipinski definition) is 0. The zero-order chi connectivity index (χ0) is 17.1. The number of likely N-dealkylation sites (tertiary alicyclic amines) is 1. The van der Waals surface area contributed by atoms with E-state index in [1.807, 2.05) is 47.5 Å². The van der Waals surface area contributed by atoms with Gasteiger partial charge in [-0.1, -0.05) is 24.3 Å². The molecule has 0 spiro atoms. The summed E-state index contributed by atoms with van der Waals surface area (Å²) >= 11 is 0. The van der Waals surface area contributed by atoms with Gasteiger partial charge < -0.3 is 9.80 Å². The molecule has 2 atom stereocenters. The summed E-state index contributed by atoms with van der Waals surface area (Å²) in [5.41, 5.74) is 2.21. The summed E-state index contributed by atoms with van der Waals surface area (Å²) in [6, 6.07) is 14.2. The molecule has 1 amide bonds. The fraction of sp³-hybridized carbons (Fsp3) is 0.429. The van der Waals surface area contributed by atoms with Crippen molar-refractivity contribution in [1.29, 1.82) is 0 Å². The third-order valence-corrected chi connectivity index (χ3v) is 5.39. The second kappa shape index (κ2) is 7.36. The van der Waals surface area contributed by atoms with Crippen molar-refractivity contribution in [1.82, 2.24) is 9.88 Å². The number of para-hydroxylation sites is 1. The standard InChI is InChI=1S/C21H25N3O/c25-21(20-15-19(20)17-7-6-10-22-16-17)24(18-8-2-1-3-9-18)14-13-23-11-4-5-12-23/h1-3,6-10,16,19-20H,4-5,11-15H2/t19-,20+/m1/s1. The van der Waals surface area contributed by atoms with E-state index in [0.717, 1.165) is 25.2 Å². The zero-order valence-corrected chi connectivity index (χ0v) is 14.6. The Balaban J connectivity index is 1.46. The highest BCUT2D eigenvalue weighted by molar-refractivity contribution is 5.97. The third-order valence-electron chi connectivity index (χ3n) is 5.39. The monoisotopic (exact) mass is 335 g/mol. The number of carbonyl (C=O) groups excluding carboxylic acids is 1. The molecule has 1 aromatic carbocycles. The highest BCUT2D eigenvalue weighted by atomic mass is 16.2. The van der Waals surface area contributed by atoms with Crippen LogP contribution < -0.4 is 4.90 Å². The number of nitrogens with zero attached hydrogens (tertiary/aromatic N) is 3. The van der Waals surface area contributed by atoms with E-state index in [4.69, 9.17) is 0 Å². The lowest BCUT2D eigenvalue weighted by atomic mass is 10.1. The lowest BCUT2D eigenvalue weighted by molar-refractivity contribution is -0.119. The van der Waals surface area contributed by atoms with Crippen molar-refractivity contribution in [2.24, 2.45) is 5.92 Å². The number of carbonyl (C=O) groups is 1. The molecular weight excluding hydrogens is 310 g/mol. The first-order valence-electron chi connectivity index (χ1n) is 9.31. The summed E-state index contributed by atoms with van der Waals surface area (Å²) in [4.78, 5) is 21.8. The molecule has 1 aromatic heterocycles. The average Bonchev–Trinajstić information content (AvgIpc) is 3.31. The molecule has 2 heterocycles. The SMILES string of the molecule is O=C([C@H]1C[C@@H]1c1cccnc1)N(CCN1CCCC1)c1ccccc1. The minimum Gasteiger partial charge on any atom is -0.311 e. The first-order valence-corrected chi connectivity index (χ1v) is 9.31. The quantitative estimate of drug-likeness (QED) is 0.812. The first kappa shape index (κ1) is 16.3. The maximum Gasteiger partial charge on any atom is 0.230 e. The van der Waals surface area contributed by atoms with Crippen LogP contribution in [0.3, 0.4) is 0 Å². The topological polar surface area (TPSA) is 36.4 Å². The van der Waals surface area contributed by atoms with E-state index in [0.29, 0.717) is 5.92 Å². The molecule has 0 N–H and O–H groups in total. The second-order valence-corrected chi connectivity index (χ2v) is 7.11. The van der Waals surface area contributed by atoms with Crippen molar-refractivity contribution in [3.05, 3.63) is 60.4 Å². The van der Waals surface area contributed by atoms with Crippen LogP contribution in [0, 0.1) is 5.92 Å². The average molecular weight is 335 g/mol. The van der Waals surface area contributed by atoms with Crippen molar-refractivity contribution in [3.63, 3.8) is 0 Å². The van der Waals surface area contributed by atoms with Gasteiger partial charge >= 0.3 is 0 Å². The molecule has 2 fully saturated rings. The number of anilines is 1. The molecule has 25 heavy (non-hydrogen) atoms. The van der Waals surface area contributed by atoms with Gasteiger partial charge in [-0.15, -0.1) is 0 Å². The molecule has 4 rings (SSSR count). The summed E-state index contributed by atoms with van der Waals surface area (Å²) in [5, 5.41) is 0. The van der Waals surface area contributed by atoms with Gasteiger partial charge in [0.25, 0.3) is 0 Å². The molecule has 0 bridgehead atoms. The molecule has 130 valence electrons. The minimum atomic E-state index is 0.1000. The van der Waals surface area contributed by atoms with E-state index < -0.39 is 0 Å². The number of hydrogen-bond acceptors (Lipinski definition) is 3. The number of rotatable bonds is 6. The Morgan fingerprint density at radius 1 is 1.12 bits per heavy atom. The van der Waals surface area contributed by atoms with E-state index in [1.165, 1.54) is 31.5 Å². The molecule has 0 radical (unpaired) electrons. The van der Waals surface area contributed by atoms with Crippen LogP contribution in [0.2, 0.25) is 0 Å². The van der Waals surface area contributed by atoms with Crippen LogP contribution in [0.1, 0.15) is 30.7 Å². The number of benzene rings is 1. The van der Waals surface area contributed by atoms with Gasteiger partial charge in [-0.05, 0) is 62.0 Å². The Labute approximate surface area is 149 Å². The van der Waals surface area contributed by atoms with E-state index in [9.17, 15) is 4.79 Å². The molecule has 4 heteroatoms. The fourth-order valence-electron chi connectivity index (χ4n) is 3.85. The Morgan fingerprint density at radius 2 is 1.92 bits per heavy atom. The van der Waals surface area contributed by atoms with Crippen LogP contribution in [0.5, 0.6) is 0 Å². The zero-order valence-electron chi connectivity index (χ0n) is 14.6. The molecule has 2 aromatic rings. The van der Waals surface area contributed by atoms with Crippen LogP contribution in [-0.2, 0) is 4.79 Å². The normalized spacial score (nSPS) is 22.7. The van der Waals surface area contributed by atoms with Crippen molar-refractivity contribution in [3.8, 4) is 0 Å². The largest absolute Gasteiger partial charge is 0.311 e. The summed E-state index contributed by atoms with van der Waals surface area (Å²) in [6.07, 6.45) is 7.19. The Bertz CT molecular complexity index is 698. The predicted molar refractivity (Wildman–Crippen MR) is 99.6 cm³/mol. The predicted octanol–water partition coefficient (Wildman–Crippen LogP) is 3.31. The Hall–Kier alpha value is -2.20. The molecule has 1 saturated carbocycles. The van der Waals surface area contributed by atoms with Crippen molar-refractivity contribution in [2.45, 2.75) is 25.2 Å². The summed E-state index contributed by atoms with van der Waals surface area (Å²) in [5.74, 6) is 0.696. The first-order chi connectivity index (χ1) is 12.3. The van der Waals surface area contributed by atoms with Gasteiger partial charge in [-0.3, -0.25) is 9.78 Å². The van der Waals surface area contributed by atoms with E-state index >= 15 is 0 Å². The molecule has 0 unspecified atom stereocenters. The highest BCUT2D eigenvalue weighted by Crippen LogP contribution is 2.48. The van der Waals surface area contributed by atoms with E-state index in [2.05, 4.69) is 16.0 Å². The van der Waals surface area contributed by atoms with E-state index in [-0.39, 0.29) is 11.8 Å². The molecule has 4 nitrogen and oxygen atoms in total. The molecule has 1 aliphatic carbocycles. The van der Waals surface area contributed by atoms with Crippen LogP contribution in [-0.4, -0.2) is 42.0 Å². The Morgan fingerprint density at radius 3 is 2.64 bits per heavy atom. The van der Waals surface area contributed by atoms with Crippen molar-refractivity contribution >= 4 is 11.6 Å². The highest BCUT2D eigenvalue weighted by Gasteiger charge is 2.46. The number of amides is 1. The molecule has 1 saturated heterocycles. The van der Waals surface area contributed by atoms with Gasteiger partial charge in [0.15, 0.2) is 0 Å². The van der Waals surface area contributed by atoms with E-state index in [1.54, 1.807) is 6.20 Å².